The summed E-state index contributed by atoms with van der Waals surface area (Å²) >= 11 is 4.76. The van der Waals surface area contributed by atoms with Gasteiger partial charge < -0.3 is 0 Å². The van der Waals surface area contributed by atoms with Crippen molar-refractivity contribution in [2.45, 2.75) is 4.90 Å². The van der Waals surface area contributed by atoms with Crippen molar-refractivity contribution in [3.63, 3.8) is 0 Å². The van der Waals surface area contributed by atoms with E-state index in [1.54, 1.807) is 0 Å². The number of hydrogen-bond donors (Lipinski definition) is 1. The van der Waals surface area contributed by atoms with Crippen LogP contribution in [0.4, 0.5) is 4.79 Å². The highest BCUT2D eigenvalue weighted by Crippen LogP contribution is 2.19. The van der Waals surface area contributed by atoms with Crippen molar-refractivity contribution >= 4 is 28.8 Å². The van der Waals surface area contributed by atoms with Crippen LogP contribution in [0, 0.1) is 0 Å². The van der Waals surface area contributed by atoms with Crippen LogP contribution < -0.4 is 0 Å². The van der Waals surface area contributed by atoms with Crippen LogP contribution in [-0.4, -0.2) is 4.45 Å². The van der Waals surface area contributed by atoms with Crippen molar-refractivity contribution in [3.8, 4) is 0 Å². The predicted octanol–water partition coefficient (Wildman–Crippen LogP) is 2.83. The molecule has 0 atom stereocenters. The van der Waals surface area contributed by atoms with Crippen LogP contribution in [0.5, 0.6) is 0 Å². The highest BCUT2D eigenvalue weighted by Gasteiger charge is 1.95. The lowest BCUT2D eigenvalue weighted by Crippen LogP contribution is -1.72. The van der Waals surface area contributed by atoms with Gasteiger partial charge in [-0.25, -0.2) is 0 Å². The molecule has 0 radical (unpaired) electrons. The monoisotopic (exact) mass is 170 g/mol. The van der Waals surface area contributed by atoms with Crippen molar-refractivity contribution in [2.75, 3.05) is 0 Å². The van der Waals surface area contributed by atoms with E-state index in [4.69, 9.17) is 0 Å². The summed E-state index contributed by atoms with van der Waals surface area (Å²) in [6, 6.07) is 9.43. The maximum absolute atomic E-state index is 10.4. The minimum atomic E-state index is -0.175. The lowest BCUT2D eigenvalue weighted by atomic mass is 10.4. The lowest BCUT2D eigenvalue weighted by molar-refractivity contribution is 0.277. The Bertz CT molecular complexity index is 220. The molecule has 1 aromatic carbocycles. The van der Waals surface area contributed by atoms with Gasteiger partial charge in [-0.3, -0.25) is 4.79 Å². The molecule has 3 heteroatoms. The van der Waals surface area contributed by atoms with Gasteiger partial charge in [0.25, 0.3) is 0 Å². The largest absolute Gasteiger partial charge is 0.274 e. The van der Waals surface area contributed by atoms with Crippen molar-refractivity contribution in [3.05, 3.63) is 30.3 Å². The van der Waals surface area contributed by atoms with Crippen LogP contribution in [0.2, 0.25) is 0 Å². The Balaban J connectivity index is 2.67. The molecule has 0 aliphatic carbocycles. The first-order valence-electron chi connectivity index (χ1n) is 2.75. The predicted molar refractivity (Wildman–Crippen MR) is 46.7 cm³/mol. The Morgan fingerprint density at radius 1 is 1.30 bits per heavy atom. The van der Waals surface area contributed by atoms with E-state index in [2.05, 4.69) is 12.6 Å². The van der Waals surface area contributed by atoms with Crippen LogP contribution >= 0.6 is 24.4 Å². The van der Waals surface area contributed by atoms with Crippen molar-refractivity contribution in [2.24, 2.45) is 0 Å². The molecule has 0 spiro atoms. The summed E-state index contributed by atoms with van der Waals surface area (Å²) < 4.78 is -0.175. The van der Waals surface area contributed by atoms with Crippen LogP contribution in [0.15, 0.2) is 35.2 Å². The Kier molecular flexibility index (Phi) is 2.83. The second-order valence-electron chi connectivity index (χ2n) is 1.68. The van der Waals surface area contributed by atoms with Gasteiger partial charge in [0.15, 0.2) is 0 Å². The second-order valence-corrected chi connectivity index (χ2v) is 3.44. The summed E-state index contributed by atoms with van der Waals surface area (Å²) in [5, 5.41) is 0. The number of thioether (sulfide) groups is 1. The molecule has 0 heterocycles. The Labute approximate surface area is 69.2 Å². The number of carbonyl (C=O) groups is 1. The minimum Gasteiger partial charge on any atom is -0.274 e. The average molecular weight is 170 g/mol. The lowest BCUT2D eigenvalue weighted by Gasteiger charge is -1.92. The molecule has 0 aromatic heterocycles. The fraction of sp³-hybridized carbons (Fsp3) is 0. The first kappa shape index (κ1) is 7.69. The van der Waals surface area contributed by atoms with Gasteiger partial charge >= 0.3 is 0 Å². The van der Waals surface area contributed by atoms with E-state index < -0.39 is 0 Å². The quantitative estimate of drug-likeness (QED) is 0.515. The van der Waals surface area contributed by atoms with Gasteiger partial charge in [-0.2, -0.15) is 0 Å². The van der Waals surface area contributed by atoms with Gasteiger partial charge in [0.2, 0.25) is 4.45 Å². The third-order valence-corrected chi connectivity index (χ3v) is 1.90. The average Bonchev–Trinajstić information content (AvgIpc) is 1.88. The zero-order valence-corrected chi connectivity index (χ0v) is 6.86. The zero-order chi connectivity index (χ0) is 7.40. The van der Waals surface area contributed by atoms with Gasteiger partial charge in [-0.1, -0.05) is 30.8 Å². The standard InChI is InChI=1S/C7H6OS2/c8-7(9)10-6-4-2-1-3-5-6/h1-5H,(H,8,9). The van der Waals surface area contributed by atoms with Crippen LogP contribution in [-0.2, 0) is 0 Å². The maximum Gasteiger partial charge on any atom is 0.247 e. The molecule has 1 nitrogen and oxygen atoms in total. The van der Waals surface area contributed by atoms with Crippen LogP contribution in [0.1, 0.15) is 0 Å². The number of carbonyl (C=O) groups excluding carboxylic acids is 1. The molecule has 0 amide bonds. The fourth-order valence-corrected chi connectivity index (χ4v) is 1.40. The molecular weight excluding hydrogens is 164 g/mol. The summed E-state index contributed by atoms with van der Waals surface area (Å²) in [6.45, 7) is 0. The smallest absolute Gasteiger partial charge is 0.247 e. The highest BCUT2D eigenvalue weighted by molar-refractivity contribution is 8.32. The molecule has 0 saturated carbocycles. The van der Waals surface area contributed by atoms with Gasteiger partial charge in [-0.15, -0.1) is 0 Å². The molecule has 0 saturated heterocycles. The molecular formula is C7H6OS2. The SMILES string of the molecule is O=C(S)Sc1ccccc1. The molecule has 0 aliphatic rings. The van der Waals surface area contributed by atoms with Crippen molar-refractivity contribution < 1.29 is 4.79 Å². The molecule has 1 aromatic rings. The summed E-state index contributed by atoms with van der Waals surface area (Å²) in [4.78, 5) is 11.4. The number of thiol groups is 1. The third kappa shape index (κ3) is 2.45. The summed E-state index contributed by atoms with van der Waals surface area (Å²) in [5.41, 5.74) is 0. The summed E-state index contributed by atoms with van der Waals surface area (Å²) in [5.74, 6) is 0. The van der Waals surface area contributed by atoms with Gasteiger partial charge in [0, 0.05) is 4.90 Å². The first-order valence-corrected chi connectivity index (χ1v) is 4.01. The number of hydrogen-bond acceptors (Lipinski definition) is 2. The Hall–Kier alpha value is -0.410. The highest BCUT2D eigenvalue weighted by atomic mass is 32.2. The Morgan fingerprint density at radius 2 is 1.90 bits per heavy atom. The molecule has 0 aliphatic heterocycles. The number of benzene rings is 1. The molecule has 0 fully saturated rings. The molecule has 10 heavy (non-hydrogen) atoms. The molecule has 0 bridgehead atoms. The van der Waals surface area contributed by atoms with E-state index in [9.17, 15) is 4.79 Å². The van der Waals surface area contributed by atoms with E-state index in [1.807, 2.05) is 30.3 Å². The first-order chi connectivity index (χ1) is 4.79. The maximum atomic E-state index is 10.4. The van der Waals surface area contributed by atoms with E-state index in [1.165, 1.54) is 0 Å². The third-order valence-electron chi connectivity index (χ3n) is 0.948. The molecule has 52 valence electrons. The van der Waals surface area contributed by atoms with Gasteiger partial charge in [0.05, 0.1) is 0 Å². The van der Waals surface area contributed by atoms with E-state index in [0.29, 0.717) is 0 Å². The summed E-state index contributed by atoms with van der Waals surface area (Å²) in [7, 11) is 0. The van der Waals surface area contributed by atoms with Crippen molar-refractivity contribution in [1.82, 2.24) is 0 Å². The number of rotatable bonds is 1. The zero-order valence-electron chi connectivity index (χ0n) is 5.15. The molecule has 1 rings (SSSR count). The fourth-order valence-electron chi connectivity index (χ4n) is 0.589. The van der Waals surface area contributed by atoms with E-state index in [-0.39, 0.29) is 4.45 Å². The summed E-state index contributed by atoms with van der Waals surface area (Å²) in [6.07, 6.45) is 0. The van der Waals surface area contributed by atoms with Crippen LogP contribution in [0.25, 0.3) is 0 Å². The topological polar surface area (TPSA) is 17.1 Å². The van der Waals surface area contributed by atoms with Crippen LogP contribution in [0.3, 0.4) is 0 Å². The molecule has 0 unspecified atom stereocenters. The minimum absolute atomic E-state index is 0.175. The van der Waals surface area contributed by atoms with Gasteiger partial charge in [0.1, 0.15) is 0 Å². The van der Waals surface area contributed by atoms with Gasteiger partial charge in [-0.05, 0) is 23.9 Å². The Morgan fingerprint density at radius 3 is 2.40 bits per heavy atom. The second kappa shape index (κ2) is 3.68. The normalized spacial score (nSPS) is 9.30. The molecule has 0 N–H and O–H groups in total. The van der Waals surface area contributed by atoms with E-state index in [0.717, 1.165) is 16.7 Å². The van der Waals surface area contributed by atoms with Crippen molar-refractivity contribution in [1.29, 1.82) is 0 Å². The van der Waals surface area contributed by atoms with E-state index >= 15 is 0 Å².